The fourth-order valence-corrected chi connectivity index (χ4v) is 9.29. The zero-order valence-corrected chi connectivity index (χ0v) is 28.5. The molecule has 1 aliphatic carbocycles. The van der Waals surface area contributed by atoms with E-state index in [1.165, 1.54) is 33.0 Å². The standard InChI is InChI=1S/C49H29N3O/c1-2-14-31-29-32(26-25-30(31)13-1)45-37-18-5-10-22-42(37)50-48(51-45)52-43-23-11-6-17-35(43)36-27-28-41-47(46(36)52)53-44-24-12-9-21-40(44)49(41)38-19-7-3-15-33(38)34-16-4-8-20-39(34)49/h1-29H. The number of hydrogen-bond donors (Lipinski definition) is 0. The smallest absolute Gasteiger partial charge is 0.235 e. The summed E-state index contributed by atoms with van der Waals surface area (Å²) in [4.78, 5) is 10.8. The third-order valence-electron chi connectivity index (χ3n) is 11.5. The predicted octanol–water partition coefficient (Wildman–Crippen LogP) is 12.0. The maximum Gasteiger partial charge on any atom is 0.235 e. The van der Waals surface area contributed by atoms with Crippen molar-refractivity contribution in [2.24, 2.45) is 0 Å². The second-order valence-corrected chi connectivity index (χ2v) is 14.1. The molecule has 8 aromatic carbocycles. The summed E-state index contributed by atoms with van der Waals surface area (Å²) in [5.41, 5.74) is 11.5. The highest BCUT2D eigenvalue weighted by Crippen LogP contribution is 2.63. The normalized spacial score (nSPS) is 13.6. The highest BCUT2D eigenvalue weighted by molar-refractivity contribution is 6.12. The van der Waals surface area contributed by atoms with Gasteiger partial charge in [-0.3, -0.25) is 4.57 Å². The van der Waals surface area contributed by atoms with E-state index in [4.69, 9.17) is 14.7 Å². The summed E-state index contributed by atoms with van der Waals surface area (Å²) >= 11 is 0. The van der Waals surface area contributed by atoms with Crippen LogP contribution >= 0.6 is 0 Å². The second-order valence-electron chi connectivity index (χ2n) is 14.1. The number of ether oxygens (including phenoxy) is 1. The number of fused-ring (bicyclic) bond motifs is 15. The van der Waals surface area contributed by atoms with Gasteiger partial charge in [0.1, 0.15) is 11.3 Å². The van der Waals surface area contributed by atoms with E-state index in [-0.39, 0.29) is 0 Å². The van der Waals surface area contributed by atoms with E-state index in [9.17, 15) is 0 Å². The van der Waals surface area contributed by atoms with Gasteiger partial charge in [-0.25, -0.2) is 9.97 Å². The quantitative estimate of drug-likeness (QED) is 0.183. The largest absolute Gasteiger partial charge is 0.454 e. The molecule has 4 heteroatoms. The van der Waals surface area contributed by atoms with E-state index in [1.54, 1.807) is 0 Å². The molecule has 246 valence electrons. The lowest BCUT2D eigenvalue weighted by atomic mass is 9.66. The molecule has 0 radical (unpaired) electrons. The summed E-state index contributed by atoms with van der Waals surface area (Å²) in [6.45, 7) is 0. The zero-order chi connectivity index (χ0) is 34.7. The van der Waals surface area contributed by atoms with Gasteiger partial charge in [0.25, 0.3) is 0 Å². The number of aromatic nitrogens is 3. The van der Waals surface area contributed by atoms with Crippen molar-refractivity contribution in [1.82, 2.24) is 14.5 Å². The van der Waals surface area contributed by atoms with Crippen molar-refractivity contribution in [2.45, 2.75) is 5.41 Å². The van der Waals surface area contributed by atoms with Crippen LogP contribution in [0.4, 0.5) is 0 Å². The number of para-hydroxylation sites is 3. The van der Waals surface area contributed by atoms with Crippen LogP contribution in [0.15, 0.2) is 176 Å². The summed E-state index contributed by atoms with van der Waals surface area (Å²) < 4.78 is 9.40. The van der Waals surface area contributed by atoms with Crippen molar-refractivity contribution < 1.29 is 4.74 Å². The van der Waals surface area contributed by atoms with Crippen LogP contribution < -0.4 is 4.74 Å². The molecule has 1 spiro atoms. The molecule has 0 saturated heterocycles. The van der Waals surface area contributed by atoms with Crippen LogP contribution in [0.3, 0.4) is 0 Å². The van der Waals surface area contributed by atoms with Crippen LogP contribution in [0.25, 0.3) is 71.8 Å². The van der Waals surface area contributed by atoms with Crippen LogP contribution in [0.5, 0.6) is 11.5 Å². The Balaban J connectivity index is 1.22. The summed E-state index contributed by atoms with van der Waals surface area (Å²) in [5, 5.41) is 5.60. The first kappa shape index (κ1) is 28.6. The Labute approximate surface area is 305 Å². The summed E-state index contributed by atoms with van der Waals surface area (Å²) in [5.74, 6) is 2.29. The van der Waals surface area contributed by atoms with Crippen molar-refractivity contribution in [3.8, 4) is 39.8 Å². The summed E-state index contributed by atoms with van der Waals surface area (Å²) in [7, 11) is 0. The van der Waals surface area contributed by atoms with E-state index in [0.717, 1.165) is 66.6 Å². The van der Waals surface area contributed by atoms with Crippen molar-refractivity contribution in [1.29, 1.82) is 0 Å². The van der Waals surface area contributed by atoms with E-state index in [2.05, 4.69) is 180 Å². The van der Waals surface area contributed by atoms with Gasteiger partial charge in [-0.05, 0) is 57.3 Å². The molecule has 1 aliphatic heterocycles. The van der Waals surface area contributed by atoms with Gasteiger partial charge in [0, 0.05) is 32.8 Å². The average Bonchev–Trinajstić information content (AvgIpc) is 3.72. The van der Waals surface area contributed by atoms with E-state index in [1.807, 2.05) is 0 Å². The molecule has 0 fully saturated rings. The fourth-order valence-electron chi connectivity index (χ4n) is 9.29. The molecule has 2 aromatic heterocycles. The molecule has 0 atom stereocenters. The molecule has 0 amide bonds. The monoisotopic (exact) mass is 675 g/mol. The molecule has 0 N–H and O–H groups in total. The van der Waals surface area contributed by atoms with E-state index < -0.39 is 5.41 Å². The molecule has 10 aromatic rings. The SMILES string of the molecule is c1ccc2c(c1)Oc1c(ccc3c4ccccc4n(-c4nc(-c5ccc6ccccc6c5)c5ccccc5n4)c13)C21c2ccccc2-c2ccccc21. The molecule has 4 nitrogen and oxygen atoms in total. The topological polar surface area (TPSA) is 39.9 Å². The number of nitrogens with zero attached hydrogens (tertiary/aromatic N) is 3. The Morgan fingerprint density at radius 3 is 1.96 bits per heavy atom. The van der Waals surface area contributed by atoms with Gasteiger partial charge in [-0.1, -0.05) is 152 Å². The Kier molecular flexibility index (Phi) is 5.67. The second kappa shape index (κ2) is 10.5. The minimum atomic E-state index is -0.576. The van der Waals surface area contributed by atoms with Crippen molar-refractivity contribution in [3.63, 3.8) is 0 Å². The lowest BCUT2D eigenvalue weighted by Gasteiger charge is -2.39. The van der Waals surface area contributed by atoms with Gasteiger partial charge < -0.3 is 4.74 Å². The number of rotatable bonds is 2. The molecule has 3 heterocycles. The molecule has 2 aliphatic rings. The van der Waals surface area contributed by atoms with Crippen molar-refractivity contribution in [3.05, 3.63) is 198 Å². The van der Waals surface area contributed by atoms with Gasteiger partial charge in [-0.2, -0.15) is 0 Å². The Bertz CT molecular complexity index is 3130. The van der Waals surface area contributed by atoms with Crippen LogP contribution in [0.2, 0.25) is 0 Å². The van der Waals surface area contributed by atoms with E-state index >= 15 is 0 Å². The molecule has 53 heavy (non-hydrogen) atoms. The summed E-state index contributed by atoms with van der Waals surface area (Å²) in [6, 6.07) is 62.8. The summed E-state index contributed by atoms with van der Waals surface area (Å²) in [6.07, 6.45) is 0. The zero-order valence-electron chi connectivity index (χ0n) is 28.5. The van der Waals surface area contributed by atoms with Gasteiger partial charge >= 0.3 is 0 Å². The van der Waals surface area contributed by atoms with Gasteiger partial charge in [-0.15, -0.1) is 0 Å². The third kappa shape index (κ3) is 3.74. The first-order valence-electron chi connectivity index (χ1n) is 18.1. The molecule has 0 unspecified atom stereocenters. The van der Waals surface area contributed by atoms with Gasteiger partial charge in [0.05, 0.1) is 22.1 Å². The minimum absolute atomic E-state index is 0.576. The molecule has 0 bridgehead atoms. The Hall–Kier alpha value is -7.04. The van der Waals surface area contributed by atoms with Crippen LogP contribution in [-0.4, -0.2) is 14.5 Å². The van der Waals surface area contributed by atoms with Crippen molar-refractivity contribution in [2.75, 3.05) is 0 Å². The minimum Gasteiger partial charge on any atom is -0.454 e. The van der Waals surface area contributed by atoms with E-state index in [0.29, 0.717) is 5.95 Å². The van der Waals surface area contributed by atoms with Gasteiger partial charge in [0.2, 0.25) is 5.95 Å². The molecular formula is C49H29N3O. The van der Waals surface area contributed by atoms with Crippen molar-refractivity contribution >= 4 is 43.5 Å². The first-order valence-corrected chi connectivity index (χ1v) is 18.1. The average molecular weight is 676 g/mol. The van der Waals surface area contributed by atoms with Crippen LogP contribution in [0.1, 0.15) is 22.3 Å². The lowest BCUT2D eigenvalue weighted by Crippen LogP contribution is -2.32. The maximum atomic E-state index is 7.17. The molecule has 12 rings (SSSR count). The van der Waals surface area contributed by atoms with Gasteiger partial charge in [0.15, 0.2) is 5.75 Å². The number of benzene rings is 8. The Morgan fingerprint density at radius 2 is 1.13 bits per heavy atom. The highest BCUT2D eigenvalue weighted by atomic mass is 16.5. The Morgan fingerprint density at radius 1 is 0.472 bits per heavy atom. The number of hydrogen-bond acceptors (Lipinski definition) is 3. The lowest BCUT2D eigenvalue weighted by molar-refractivity contribution is 0.440. The third-order valence-corrected chi connectivity index (χ3v) is 11.5. The fraction of sp³-hybridized carbons (Fsp3) is 0.0204. The molecule has 0 saturated carbocycles. The maximum absolute atomic E-state index is 7.17. The highest BCUT2D eigenvalue weighted by Gasteiger charge is 2.51. The van der Waals surface area contributed by atoms with Crippen LogP contribution in [-0.2, 0) is 5.41 Å². The van der Waals surface area contributed by atoms with Crippen LogP contribution in [0, 0.1) is 0 Å². The molecular weight excluding hydrogens is 647 g/mol. The predicted molar refractivity (Wildman–Crippen MR) is 214 cm³/mol. The first-order chi connectivity index (χ1) is 26.3.